The third kappa shape index (κ3) is 2.81. The molecule has 1 heterocycles. The van der Waals surface area contributed by atoms with Gasteiger partial charge in [0.25, 0.3) is 0 Å². The van der Waals surface area contributed by atoms with Gasteiger partial charge in [-0.25, -0.2) is 8.78 Å². The van der Waals surface area contributed by atoms with E-state index in [0.29, 0.717) is 0 Å². The van der Waals surface area contributed by atoms with Crippen molar-refractivity contribution in [2.45, 2.75) is 25.7 Å². The Morgan fingerprint density at radius 3 is 2.35 bits per heavy atom. The third-order valence-electron chi connectivity index (χ3n) is 3.11. The van der Waals surface area contributed by atoms with Crippen molar-refractivity contribution in [3.63, 3.8) is 0 Å². The molecule has 0 atom stereocenters. The average molecular weight is 239 g/mol. The van der Waals surface area contributed by atoms with Gasteiger partial charge in [0.05, 0.1) is 0 Å². The zero-order valence-corrected chi connectivity index (χ0v) is 9.59. The summed E-state index contributed by atoms with van der Waals surface area (Å²) in [6.07, 6.45) is 2.37. The van der Waals surface area contributed by atoms with Crippen molar-refractivity contribution in [2.75, 3.05) is 13.1 Å². The molecule has 0 aliphatic carbocycles. The lowest BCUT2D eigenvalue weighted by molar-refractivity contribution is -0.130. The Morgan fingerprint density at radius 1 is 1.18 bits per heavy atom. The molecule has 2 nitrogen and oxygen atoms in total. The summed E-state index contributed by atoms with van der Waals surface area (Å²) in [5.74, 6) is -1.15. The maximum Gasteiger partial charge on any atom is 0.222 e. The van der Waals surface area contributed by atoms with E-state index in [-0.39, 0.29) is 24.3 Å². The molecule has 4 heteroatoms. The van der Waals surface area contributed by atoms with Crippen molar-refractivity contribution in [3.05, 3.63) is 35.4 Å². The molecule has 1 amide bonds. The molecule has 1 fully saturated rings. The van der Waals surface area contributed by atoms with Crippen LogP contribution in [0.25, 0.3) is 0 Å². The Kier molecular flexibility index (Phi) is 3.71. The maximum atomic E-state index is 13.3. The van der Waals surface area contributed by atoms with E-state index in [1.165, 1.54) is 18.2 Å². The summed E-state index contributed by atoms with van der Waals surface area (Å²) < 4.78 is 26.6. The first-order valence-electron chi connectivity index (χ1n) is 5.89. The summed E-state index contributed by atoms with van der Waals surface area (Å²) in [4.78, 5) is 13.5. The lowest BCUT2D eigenvalue weighted by Crippen LogP contribution is -2.27. The number of carbonyl (C=O) groups is 1. The number of halogens is 2. The number of carbonyl (C=O) groups excluding carboxylic acids is 1. The quantitative estimate of drug-likeness (QED) is 0.793. The first-order valence-corrected chi connectivity index (χ1v) is 5.89. The zero-order valence-electron chi connectivity index (χ0n) is 9.59. The van der Waals surface area contributed by atoms with Gasteiger partial charge in [0.2, 0.25) is 5.91 Å². The summed E-state index contributed by atoms with van der Waals surface area (Å²) in [6, 6.07) is 3.77. The Morgan fingerprint density at radius 2 is 1.76 bits per heavy atom. The molecule has 0 bridgehead atoms. The molecule has 92 valence electrons. The summed E-state index contributed by atoms with van der Waals surface area (Å²) in [7, 11) is 0. The number of likely N-dealkylation sites (tertiary alicyclic amines) is 1. The topological polar surface area (TPSA) is 20.3 Å². The second kappa shape index (κ2) is 5.25. The van der Waals surface area contributed by atoms with Gasteiger partial charge in [-0.15, -0.1) is 0 Å². The van der Waals surface area contributed by atoms with E-state index in [1.54, 1.807) is 4.90 Å². The number of hydrogen-bond donors (Lipinski definition) is 0. The predicted molar refractivity (Wildman–Crippen MR) is 60.5 cm³/mol. The van der Waals surface area contributed by atoms with E-state index in [4.69, 9.17) is 0 Å². The highest BCUT2D eigenvalue weighted by molar-refractivity contribution is 5.76. The van der Waals surface area contributed by atoms with Crippen LogP contribution in [0.1, 0.15) is 24.8 Å². The molecule has 0 unspecified atom stereocenters. The molecule has 1 aliphatic rings. The van der Waals surface area contributed by atoms with Crippen LogP contribution in [-0.2, 0) is 11.2 Å². The third-order valence-corrected chi connectivity index (χ3v) is 3.11. The second-order valence-electron chi connectivity index (χ2n) is 4.29. The van der Waals surface area contributed by atoms with Crippen molar-refractivity contribution < 1.29 is 13.6 Å². The second-order valence-corrected chi connectivity index (χ2v) is 4.29. The number of rotatable bonds is 3. The van der Waals surface area contributed by atoms with Crippen molar-refractivity contribution in [3.8, 4) is 0 Å². The van der Waals surface area contributed by atoms with Crippen LogP contribution in [-0.4, -0.2) is 23.9 Å². The van der Waals surface area contributed by atoms with E-state index < -0.39 is 11.6 Å². The molecule has 0 spiro atoms. The van der Waals surface area contributed by atoms with E-state index >= 15 is 0 Å². The Hall–Kier alpha value is -1.45. The van der Waals surface area contributed by atoms with Gasteiger partial charge in [-0.2, -0.15) is 0 Å². The van der Waals surface area contributed by atoms with Gasteiger partial charge in [0.1, 0.15) is 11.6 Å². The predicted octanol–water partition coefficient (Wildman–Crippen LogP) is 2.52. The van der Waals surface area contributed by atoms with Gasteiger partial charge in [-0.05, 0) is 31.4 Å². The van der Waals surface area contributed by atoms with Crippen molar-refractivity contribution in [1.29, 1.82) is 0 Å². The van der Waals surface area contributed by atoms with Crippen molar-refractivity contribution in [2.24, 2.45) is 0 Å². The van der Waals surface area contributed by atoms with Gasteiger partial charge in [-0.3, -0.25) is 4.79 Å². The van der Waals surface area contributed by atoms with Crippen molar-refractivity contribution in [1.82, 2.24) is 4.90 Å². The van der Waals surface area contributed by atoms with Crippen LogP contribution in [0.3, 0.4) is 0 Å². The Labute approximate surface area is 99.2 Å². The fraction of sp³-hybridized carbons (Fsp3) is 0.462. The molecule has 0 aromatic heterocycles. The number of benzene rings is 1. The first-order chi connectivity index (χ1) is 8.18. The molecule has 17 heavy (non-hydrogen) atoms. The molecular formula is C13H15F2NO. The molecular weight excluding hydrogens is 224 g/mol. The normalized spacial score (nSPS) is 15.3. The minimum atomic E-state index is -0.570. The van der Waals surface area contributed by atoms with Gasteiger partial charge >= 0.3 is 0 Å². The van der Waals surface area contributed by atoms with Crippen LogP contribution in [0.5, 0.6) is 0 Å². The fourth-order valence-electron chi connectivity index (χ4n) is 2.13. The SMILES string of the molecule is O=C(CCc1c(F)cccc1F)N1CCCC1. The summed E-state index contributed by atoms with van der Waals surface area (Å²) in [5, 5.41) is 0. The standard InChI is InChI=1S/C13H15F2NO/c14-11-4-3-5-12(15)10(11)6-7-13(17)16-8-1-2-9-16/h3-5H,1-2,6-9H2. The monoisotopic (exact) mass is 239 g/mol. The average Bonchev–Trinajstić information content (AvgIpc) is 2.81. The highest BCUT2D eigenvalue weighted by Gasteiger charge is 2.18. The Bertz CT molecular complexity index is 394. The molecule has 2 rings (SSSR count). The van der Waals surface area contributed by atoms with E-state index in [0.717, 1.165) is 25.9 Å². The fourth-order valence-corrected chi connectivity index (χ4v) is 2.13. The van der Waals surface area contributed by atoms with E-state index in [9.17, 15) is 13.6 Å². The highest BCUT2D eigenvalue weighted by Crippen LogP contribution is 2.16. The maximum absolute atomic E-state index is 13.3. The molecule has 1 aliphatic heterocycles. The lowest BCUT2D eigenvalue weighted by Gasteiger charge is -2.15. The highest BCUT2D eigenvalue weighted by atomic mass is 19.1. The van der Waals surface area contributed by atoms with Crippen LogP contribution in [0.4, 0.5) is 8.78 Å². The molecule has 1 aromatic rings. The van der Waals surface area contributed by atoms with Gasteiger partial charge in [0.15, 0.2) is 0 Å². The number of amides is 1. The van der Waals surface area contributed by atoms with Crippen molar-refractivity contribution >= 4 is 5.91 Å². The minimum absolute atomic E-state index is 0.00912. The summed E-state index contributed by atoms with van der Waals surface area (Å²) in [6.45, 7) is 1.55. The van der Waals surface area contributed by atoms with Crippen LogP contribution >= 0.6 is 0 Å². The number of hydrogen-bond acceptors (Lipinski definition) is 1. The first kappa shape index (κ1) is 12.0. The van der Waals surface area contributed by atoms with Gasteiger partial charge in [0, 0.05) is 25.1 Å². The van der Waals surface area contributed by atoms with Crippen LogP contribution in [0.15, 0.2) is 18.2 Å². The molecule has 0 radical (unpaired) electrons. The molecule has 1 aromatic carbocycles. The number of nitrogens with zero attached hydrogens (tertiary/aromatic N) is 1. The molecule has 0 saturated carbocycles. The van der Waals surface area contributed by atoms with Gasteiger partial charge < -0.3 is 4.90 Å². The van der Waals surface area contributed by atoms with Crippen LogP contribution in [0, 0.1) is 11.6 Å². The lowest BCUT2D eigenvalue weighted by atomic mass is 10.1. The van der Waals surface area contributed by atoms with Crippen LogP contribution < -0.4 is 0 Å². The largest absolute Gasteiger partial charge is 0.343 e. The van der Waals surface area contributed by atoms with Crippen LogP contribution in [0.2, 0.25) is 0 Å². The zero-order chi connectivity index (χ0) is 12.3. The van der Waals surface area contributed by atoms with Gasteiger partial charge in [-0.1, -0.05) is 6.07 Å². The minimum Gasteiger partial charge on any atom is -0.343 e. The summed E-state index contributed by atoms with van der Waals surface area (Å²) in [5.41, 5.74) is 0.0139. The van der Waals surface area contributed by atoms with E-state index in [1.807, 2.05) is 0 Å². The summed E-state index contributed by atoms with van der Waals surface area (Å²) >= 11 is 0. The van der Waals surface area contributed by atoms with E-state index in [2.05, 4.69) is 0 Å². The Balaban J connectivity index is 1.95. The molecule has 1 saturated heterocycles. The molecule has 0 N–H and O–H groups in total. The smallest absolute Gasteiger partial charge is 0.222 e.